The fourth-order valence-electron chi connectivity index (χ4n) is 2.60. The van der Waals surface area contributed by atoms with Gasteiger partial charge in [0, 0.05) is 0 Å². The minimum atomic E-state index is -0.415. The number of hydrazone groups is 1. The molecule has 0 saturated heterocycles. The normalized spacial score (nSPS) is 10.6. The van der Waals surface area contributed by atoms with E-state index >= 15 is 0 Å². The molecule has 3 aromatic rings. The molecule has 1 heterocycles. The molecule has 154 valence electrons. The third-order valence-electron chi connectivity index (χ3n) is 4.01. The molecule has 0 radical (unpaired) electrons. The summed E-state index contributed by atoms with van der Waals surface area (Å²) in [5, 5.41) is 5.78. The number of carbonyl (C=O) groups is 2. The van der Waals surface area contributed by atoms with Crippen LogP contribution in [0.2, 0.25) is 0 Å². The predicted octanol–water partition coefficient (Wildman–Crippen LogP) is 3.68. The summed E-state index contributed by atoms with van der Waals surface area (Å²) in [6.45, 7) is 0. The van der Waals surface area contributed by atoms with Gasteiger partial charge in [0.1, 0.15) is 10.6 Å². The Morgan fingerprint density at radius 1 is 1.03 bits per heavy atom. The smallest absolute Gasteiger partial charge is 0.353 e. The van der Waals surface area contributed by atoms with Crippen molar-refractivity contribution < 1.29 is 23.8 Å². The van der Waals surface area contributed by atoms with E-state index in [1.165, 1.54) is 24.7 Å². The topological polar surface area (TPSA) is 86.2 Å². The van der Waals surface area contributed by atoms with Crippen LogP contribution >= 0.6 is 11.3 Å². The number of methoxy groups -OCH3 is 2. The Morgan fingerprint density at radius 3 is 2.60 bits per heavy atom. The SMILES string of the molecule is COc1ccc(CC(=O)N/N=C/c2cccc(OC(=O)c3cccs3)c2)cc1OC. The number of benzene rings is 2. The van der Waals surface area contributed by atoms with Crippen LogP contribution in [0.4, 0.5) is 0 Å². The number of carbonyl (C=O) groups excluding carboxylic acids is 2. The number of hydrogen-bond donors (Lipinski definition) is 1. The molecule has 0 saturated carbocycles. The van der Waals surface area contributed by atoms with E-state index in [-0.39, 0.29) is 12.3 Å². The van der Waals surface area contributed by atoms with Crippen LogP contribution in [0.1, 0.15) is 20.8 Å². The van der Waals surface area contributed by atoms with Gasteiger partial charge < -0.3 is 14.2 Å². The fraction of sp³-hybridized carbons (Fsp3) is 0.136. The second-order valence-electron chi connectivity index (χ2n) is 6.10. The lowest BCUT2D eigenvalue weighted by molar-refractivity contribution is -0.120. The van der Waals surface area contributed by atoms with Crippen LogP contribution in [-0.4, -0.2) is 32.3 Å². The first-order valence-electron chi connectivity index (χ1n) is 8.97. The molecular weight excluding hydrogens is 404 g/mol. The quantitative estimate of drug-likeness (QED) is 0.258. The molecule has 0 spiro atoms. The molecule has 7 nitrogen and oxygen atoms in total. The van der Waals surface area contributed by atoms with E-state index < -0.39 is 5.97 Å². The number of esters is 1. The molecule has 0 fully saturated rings. The standard InChI is InChI=1S/C22H20N2O5S/c1-27-18-9-8-15(12-19(18)28-2)13-21(25)24-23-14-16-5-3-6-17(11-16)29-22(26)20-7-4-10-30-20/h3-12,14H,13H2,1-2H3,(H,24,25)/b23-14+. The van der Waals surface area contributed by atoms with Crippen LogP contribution in [0.25, 0.3) is 0 Å². The Morgan fingerprint density at radius 2 is 1.87 bits per heavy atom. The summed E-state index contributed by atoms with van der Waals surface area (Å²) in [6, 6.07) is 15.6. The molecule has 0 bridgehead atoms. The van der Waals surface area contributed by atoms with Crippen molar-refractivity contribution in [1.82, 2.24) is 5.43 Å². The molecule has 0 aliphatic carbocycles. The zero-order valence-corrected chi connectivity index (χ0v) is 17.3. The van der Waals surface area contributed by atoms with Gasteiger partial charge in [-0.15, -0.1) is 11.3 Å². The molecule has 1 amide bonds. The maximum Gasteiger partial charge on any atom is 0.353 e. The van der Waals surface area contributed by atoms with Gasteiger partial charge in [-0.05, 0) is 46.8 Å². The highest BCUT2D eigenvalue weighted by atomic mass is 32.1. The van der Waals surface area contributed by atoms with Crippen molar-refractivity contribution in [2.45, 2.75) is 6.42 Å². The molecule has 0 atom stereocenters. The minimum absolute atomic E-state index is 0.135. The number of thiophene rings is 1. The summed E-state index contributed by atoms with van der Waals surface area (Å²) >= 11 is 1.31. The largest absolute Gasteiger partial charge is 0.493 e. The summed E-state index contributed by atoms with van der Waals surface area (Å²) in [5.74, 6) is 0.856. The van der Waals surface area contributed by atoms with Gasteiger partial charge in [0.05, 0.1) is 26.9 Å². The first-order chi connectivity index (χ1) is 14.6. The minimum Gasteiger partial charge on any atom is -0.493 e. The molecule has 3 rings (SSSR count). The molecule has 0 unspecified atom stereocenters. The third-order valence-corrected chi connectivity index (χ3v) is 4.86. The zero-order valence-electron chi connectivity index (χ0n) is 16.5. The molecule has 30 heavy (non-hydrogen) atoms. The molecule has 0 aliphatic heterocycles. The lowest BCUT2D eigenvalue weighted by atomic mass is 10.1. The van der Waals surface area contributed by atoms with Crippen molar-refractivity contribution in [3.63, 3.8) is 0 Å². The number of ether oxygens (including phenoxy) is 3. The summed E-state index contributed by atoms with van der Waals surface area (Å²) < 4.78 is 15.8. The van der Waals surface area contributed by atoms with E-state index in [2.05, 4.69) is 10.5 Å². The van der Waals surface area contributed by atoms with Crippen LogP contribution < -0.4 is 19.6 Å². The Bertz CT molecular complexity index is 1050. The first kappa shape index (κ1) is 21.1. The van der Waals surface area contributed by atoms with Crippen molar-refractivity contribution in [2.75, 3.05) is 14.2 Å². The third kappa shape index (κ3) is 5.68. The highest BCUT2D eigenvalue weighted by Crippen LogP contribution is 2.27. The number of amides is 1. The maximum absolute atomic E-state index is 12.1. The highest BCUT2D eigenvalue weighted by molar-refractivity contribution is 7.12. The zero-order chi connectivity index (χ0) is 21.3. The van der Waals surface area contributed by atoms with Crippen LogP contribution in [0.3, 0.4) is 0 Å². The summed E-state index contributed by atoms with van der Waals surface area (Å²) in [7, 11) is 3.09. The van der Waals surface area contributed by atoms with Gasteiger partial charge in [-0.1, -0.05) is 24.3 Å². The molecule has 1 aromatic heterocycles. The van der Waals surface area contributed by atoms with Crippen molar-refractivity contribution in [3.8, 4) is 17.2 Å². The van der Waals surface area contributed by atoms with Gasteiger partial charge in [0.2, 0.25) is 5.91 Å². The van der Waals surface area contributed by atoms with Gasteiger partial charge in [-0.2, -0.15) is 5.10 Å². The summed E-state index contributed by atoms with van der Waals surface area (Å²) in [4.78, 5) is 24.7. The number of nitrogens with zero attached hydrogens (tertiary/aromatic N) is 1. The Kier molecular flexibility index (Phi) is 7.18. The molecule has 8 heteroatoms. The van der Waals surface area contributed by atoms with E-state index in [0.717, 1.165) is 5.56 Å². The Balaban J connectivity index is 1.56. The van der Waals surface area contributed by atoms with E-state index in [1.807, 2.05) is 5.38 Å². The van der Waals surface area contributed by atoms with Gasteiger partial charge in [-0.3, -0.25) is 4.79 Å². The van der Waals surface area contributed by atoms with Gasteiger partial charge in [0.15, 0.2) is 11.5 Å². The number of nitrogens with one attached hydrogen (secondary N) is 1. The van der Waals surface area contributed by atoms with Crippen LogP contribution in [0, 0.1) is 0 Å². The second-order valence-corrected chi connectivity index (χ2v) is 7.05. The average molecular weight is 424 g/mol. The van der Waals surface area contributed by atoms with Crippen LogP contribution in [0.5, 0.6) is 17.2 Å². The lowest BCUT2D eigenvalue weighted by Gasteiger charge is -2.09. The molecule has 1 N–H and O–H groups in total. The monoisotopic (exact) mass is 424 g/mol. The second kappa shape index (κ2) is 10.2. The van der Waals surface area contributed by atoms with Crippen molar-refractivity contribution in [2.24, 2.45) is 5.10 Å². The predicted molar refractivity (Wildman–Crippen MR) is 115 cm³/mol. The van der Waals surface area contributed by atoms with E-state index in [1.54, 1.807) is 61.7 Å². The Labute approximate surface area is 177 Å². The molecule has 0 aliphatic rings. The maximum atomic E-state index is 12.1. The summed E-state index contributed by atoms with van der Waals surface area (Å²) in [5.41, 5.74) is 3.93. The fourth-order valence-corrected chi connectivity index (χ4v) is 3.20. The van der Waals surface area contributed by atoms with Crippen molar-refractivity contribution in [3.05, 3.63) is 76.0 Å². The molecule has 2 aromatic carbocycles. The van der Waals surface area contributed by atoms with Gasteiger partial charge in [0.25, 0.3) is 0 Å². The first-order valence-corrected chi connectivity index (χ1v) is 9.85. The van der Waals surface area contributed by atoms with E-state index in [4.69, 9.17) is 14.2 Å². The number of hydrogen-bond acceptors (Lipinski definition) is 7. The van der Waals surface area contributed by atoms with E-state index in [0.29, 0.717) is 27.7 Å². The van der Waals surface area contributed by atoms with Gasteiger partial charge in [-0.25, -0.2) is 10.2 Å². The van der Waals surface area contributed by atoms with Crippen molar-refractivity contribution >= 4 is 29.4 Å². The summed E-state index contributed by atoms with van der Waals surface area (Å²) in [6.07, 6.45) is 1.62. The lowest BCUT2D eigenvalue weighted by Crippen LogP contribution is -2.19. The van der Waals surface area contributed by atoms with E-state index in [9.17, 15) is 9.59 Å². The van der Waals surface area contributed by atoms with Gasteiger partial charge >= 0.3 is 5.97 Å². The Hall–Kier alpha value is -3.65. The average Bonchev–Trinajstić information content (AvgIpc) is 3.29. The highest BCUT2D eigenvalue weighted by Gasteiger charge is 2.10. The van der Waals surface area contributed by atoms with Crippen LogP contribution in [-0.2, 0) is 11.2 Å². The van der Waals surface area contributed by atoms with Crippen LogP contribution in [0.15, 0.2) is 65.1 Å². The number of rotatable bonds is 8. The molecular formula is C22H20N2O5S. The van der Waals surface area contributed by atoms with Crippen molar-refractivity contribution in [1.29, 1.82) is 0 Å².